The number of carbonyl (C=O) groups is 2. The summed E-state index contributed by atoms with van der Waals surface area (Å²) in [5.41, 5.74) is -0.111. The molecule has 28 heavy (non-hydrogen) atoms. The molecule has 3 fully saturated rings. The molecule has 5 nitrogen and oxygen atoms in total. The molecule has 3 atom stereocenters. The molecule has 0 radical (unpaired) electrons. The van der Waals surface area contributed by atoms with E-state index in [4.69, 9.17) is 0 Å². The molecule has 0 spiro atoms. The number of amides is 2. The second-order valence-corrected chi connectivity index (χ2v) is 8.50. The Morgan fingerprint density at radius 2 is 1.71 bits per heavy atom. The summed E-state index contributed by atoms with van der Waals surface area (Å²) in [5, 5.41) is 2.77. The first-order valence-corrected chi connectivity index (χ1v) is 9.43. The Balaban J connectivity index is 1.29. The molecule has 1 unspecified atom stereocenters. The van der Waals surface area contributed by atoms with Crippen LogP contribution in [0.1, 0.15) is 36.8 Å². The Kier molecular flexibility index (Phi) is 4.35. The second kappa shape index (κ2) is 6.39. The van der Waals surface area contributed by atoms with Crippen LogP contribution in [-0.4, -0.2) is 42.6 Å². The number of alkyl halides is 3. The van der Waals surface area contributed by atoms with Gasteiger partial charge in [0.1, 0.15) is 0 Å². The monoisotopic (exact) mass is 396 g/mol. The van der Waals surface area contributed by atoms with E-state index in [-0.39, 0.29) is 17.7 Å². The second-order valence-electron chi connectivity index (χ2n) is 8.50. The minimum atomic E-state index is -4.32. The lowest BCUT2D eigenvalue weighted by atomic mass is 9.69. The number of nitrogens with zero attached hydrogens (tertiary/aromatic N) is 1. The molecule has 1 heterocycles. The Hall–Kier alpha value is -2.25. The summed E-state index contributed by atoms with van der Waals surface area (Å²) in [5.74, 6) is 0.936. The van der Waals surface area contributed by atoms with E-state index < -0.39 is 23.4 Å². The molecule has 2 saturated carbocycles. The average molecular weight is 396 g/mol. The number of likely N-dealkylation sites (tertiary alicyclic amines) is 1. The highest BCUT2D eigenvalue weighted by molar-refractivity contribution is 5.81. The van der Waals surface area contributed by atoms with Crippen molar-refractivity contribution >= 4 is 12.0 Å². The number of alkyl carbamates (subject to hydrolysis) is 1. The fourth-order valence-corrected chi connectivity index (χ4v) is 4.96. The maximum Gasteiger partial charge on any atom is 0.416 e. The number of benzene rings is 1. The molecule has 1 saturated heterocycles. The highest BCUT2D eigenvalue weighted by atomic mass is 19.4. The number of hydrogen-bond donors (Lipinski definition) is 1. The third-order valence-electron chi connectivity index (χ3n) is 6.46. The molecule has 4 rings (SSSR count). The van der Waals surface area contributed by atoms with Gasteiger partial charge in [0.25, 0.3) is 0 Å². The van der Waals surface area contributed by atoms with Gasteiger partial charge in [-0.2, -0.15) is 13.2 Å². The van der Waals surface area contributed by atoms with Crippen molar-refractivity contribution in [1.29, 1.82) is 0 Å². The van der Waals surface area contributed by atoms with Gasteiger partial charge in [0.2, 0.25) is 5.91 Å². The zero-order valence-corrected chi connectivity index (χ0v) is 15.8. The van der Waals surface area contributed by atoms with Gasteiger partial charge in [-0.15, -0.1) is 0 Å². The van der Waals surface area contributed by atoms with Crippen LogP contribution in [0.3, 0.4) is 0 Å². The zero-order valence-electron chi connectivity index (χ0n) is 15.8. The summed E-state index contributed by atoms with van der Waals surface area (Å²) < 4.78 is 42.7. The number of rotatable bonds is 3. The van der Waals surface area contributed by atoms with E-state index in [1.807, 2.05) is 11.8 Å². The van der Waals surface area contributed by atoms with E-state index in [0.717, 1.165) is 17.7 Å². The molecule has 8 heteroatoms. The summed E-state index contributed by atoms with van der Waals surface area (Å²) in [7, 11) is 1.31. The van der Waals surface area contributed by atoms with Crippen LogP contribution in [0.4, 0.5) is 18.0 Å². The lowest BCUT2D eigenvalue weighted by Gasteiger charge is -2.45. The van der Waals surface area contributed by atoms with E-state index in [1.165, 1.54) is 7.11 Å². The van der Waals surface area contributed by atoms with Crippen molar-refractivity contribution in [2.24, 2.45) is 17.8 Å². The van der Waals surface area contributed by atoms with Crippen molar-refractivity contribution in [1.82, 2.24) is 10.2 Å². The standard InChI is InChI=1S/C20H23F3N2O3/c1-19(24-18(27)28-2)7-12(8-19)17(26)25-9-14-15(10-25)16(14)11-3-5-13(6-4-11)20(21,22)23/h3-6,12,14-16H,7-10H2,1-2H3,(H,24,27)/t12?,14-,15+,16?,19?. The van der Waals surface area contributed by atoms with Crippen molar-refractivity contribution in [3.05, 3.63) is 35.4 Å². The van der Waals surface area contributed by atoms with E-state index in [9.17, 15) is 22.8 Å². The van der Waals surface area contributed by atoms with Gasteiger partial charge in [-0.1, -0.05) is 12.1 Å². The molecule has 2 amide bonds. The Morgan fingerprint density at radius 1 is 1.14 bits per heavy atom. The normalized spacial score (nSPS) is 33.7. The fourth-order valence-electron chi connectivity index (χ4n) is 4.96. The summed E-state index contributed by atoms with van der Waals surface area (Å²) in [4.78, 5) is 25.9. The largest absolute Gasteiger partial charge is 0.453 e. The van der Waals surface area contributed by atoms with Gasteiger partial charge in [0.15, 0.2) is 0 Å². The Labute approximate surface area is 161 Å². The summed E-state index contributed by atoms with van der Waals surface area (Å²) in [6.45, 7) is 3.22. The zero-order chi connectivity index (χ0) is 20.3. The predicted molar refractivity (Wildman–Crippen MR) is 94.4 cm³/mol. The van der Waals surface area contributed by atoms with Gasteiger partial charge in [-0.3, -0.25) is 4.79 Å². The van der Waals surface area contributed by atoms with E-state index >= 15 is 0 Å². The number of nitrogens with one attached hydrogen (secondary N) is 1. The summed E-state index contributed by atoms with van der Waals surface area (Å²) in [6.07, 6.45) is -3.62. The highest BCUT2D eigenvalue weighted by Crippen LogP contribution is 2.58. The number of hydrogen-bond acceptors (Lipinski definition) is 3. The molecule has 152 valence electrons. The first-order chi connectivity index (χ1) is 13.1. The third-order valence-corrected chi connectivity index (χ3v) is 6.46. The van der Waals surface area contributed by atoms with Crippen LogP contribution in [0, 0.1) is 17.8 Å². The predicted octanol–water partition coefficient (Wildman–Crippen LogP) is 3.40. The number of piperidine rings is 1. The maximum atomic E-state index is 12.7. The van der Waals surface area contributed by atoms with Crippen LogP contribution in [0.25, 0.3) is 0 Å². The lowest BCUT2D eigenvalue weighted by molar-refractivity contribution is -0.140. The van der Waals surface area contributed by atoms with Crippen molar-refractivity contribution in [2.45, 2.75) is 37.4 Å². The van der Waals surface area contributed by atoms with Crippen LogP contribution in [0.2, 0.25) is 0 Å². The van der Waals surface area contributed by atoms with Crippen LogP contribution in [0.5, 0.6) is 0 Å². The fraction of sp³-hybridized carbons (Fsp3) is 0.600. The van der Waals surface area contributed by atoms with Gasteiger partial charge in [0.05, 0.1) is 12.7 Å². The molecule has 1 N–H and O–H groups in total. The quantitative estimate of drug-likeness (QED) is 0.852. The molecule has 2 aliphatic carbocycles. The molecular weight excluding hydrogens is 373 g/mol. The first kappa shape index (κ1) is 19.1. The van der Waals surface area contributed by atoms with Gasteiger partial charge >= 0.3 is 12.3 Å². The molecule has 3 aliphatic rings. The van der Waals surface area contributed by atoms with Crippen LogP contribution in [-0.2, 0) is 15.7 Å². The minimum absolute atomic E-state index is 0.0934. The molecular formula is C20H23F3N2O3. The number of carbonyl (C=O) groups excluding carboxylic acids is 2. The van der Waals surface area contributed by atoms with E-state index in [0.29, 0.717) is 37.8 Å². The lowest BCUT2D eigenvalue weighted by Crippen LogP contribution is -2.58. The molecule has 1 aliphatic heterocycles. The molecule has 1 aromatic carbocycles. The highest BCUT2D eigenvalue weighted by Gasteiger charge is 2.58. The summed E-state index contributed by atoms with van der Waals surface area (Å²) >= 11 is 0. The van der Waals surface area contributed by atoms with Gasteiger partial charge in [0, 0.05) is 24.5 Å². The maximum absolute atomic E-state index is 12.7. The number of ether oxygens (including phenoxy) is 1. The van der Waals surface area contributed by atoms with Crippen LogP contribution in [0.15, 0.2) is 24.3 Å². The smallest absolute Gasteiger partial charge is 0.416 e. The van der Waals surface area contributed by atoms with Gasteiger partial charge in [-0.05, 0) is 55.2 Å². The van der Waals surface area contributed by atoms with E-state index in [1.54, 1.807) is 12.1 Å². The number of fused-ring (bicyclic) bond motifs is 1. The molecule has 1 aromatic rings. The van der Waals surface area contributed by atoms with Gasteiger partial charge in [-0.25, -0.2) is 4.79 Å². The van der Waals surface area contributed by atoms with Crippen LogP contribution < -0.4 is 5.32 Å². The Bertz CT molecular complexity index is 775. The Morgan fingerprint density at radius 3 is 2.21 bits per heavy atom. The number of methoxy groups -OCH3 is 1. The average Bonchev–Trinajstić information content (AvgIpc) is 3.11. The van der Waals surface area contributed by atoms with Crippen LogP contribution >= 0.6 is 0 Å². The van der Waals surface area contributed by atoms with Crippen molar-refractivity contribution in [3.63, 3.8) is 0 Å². The topological polar surface area (TPSA) is 58.6 Å². The number of halogens is 3. The SMILES string of the molecule is COC(=O)NC1(C)CC(C(=O)N2C[C@@H]3C(c4ccc(C(F)(F)F)cc4)[C@@H]3C2)C1. The van der Waals surface area contributed by atoms with Gasteiger partial charge < -0.3 is 15.0 Å². The van der Waals surface area contributed by atoms with Crippen molar-refractivity contribution in [3.8, 4) is 0 Å². The molecule has 0 aromatic heterocycles. The van der Waals surface area contributed by atoms with E-state index in [2.05, 4.69) is 10.1 Å². The minimum Gasteiger partial charge on any atom is -0.453 e. The first-order valence-electron chi connectivity index (χ1n) is 9.43. The third kappa shape index (κ3) is 3.33. The molecule has 0 bridgehead atoms. The van der Waals surface area contributed by atoms with Crippen molar-refractivity contribution in [2.75, 3.05) is 20.2 Å². The van der Waals surface area contributed by atoms with Crippen molar-refractivity contribution < 1.29 is 27.5 Å². The summed E-state index contributed by atoms with van der Waals surface area (Å²) in [6, 6.07) is 5.40.